The first-order chi connectivity index (χ1) is 7.55. The standard InChI is InChI=1S/C12H23NO2Si2/c1-16(2,3)14-11-7-10(13)8-12(9-11)15-17(4,5)6/h7-9H,13H2,1-6H3. The molecule has 0 aliphatic heterocycles. The summed E-state index contributed by atoms with van der Waals surface area (Å²) in [6, 6.07) is 5.65. The van der Waals surface area contributed by atoms with Gasteiger partial charge in [-0.05, 0) is 39.3 Å². The van der Waals surface area contributed by atoms with E-state index < -0.39 is 16.6 Å². The van der Waals surface area contributed by atoms with Crippen molar-refractivity contribution in [3.05, 3.63) is 18.2 Å². The highest BCUT2D eigenvalue weighted by atomic mass is 28.4. The lowest BCUT2D eigenvalue weighted by atomic mass is 10.3. The second-order valence-corrected chi connectivity index (χ2v) is 15.0. The summed E-state index contributed by atoms with van der Waals surface area (Å²) < 4.78 is 11.9. The zero-order chi connectivity index (χ0) is 13.3. The Kier molecular flexibility index (Phi) is 3.93. The molecule has 0 aromatic heterocycles. The molecule has 5 heteroatoms. The fourth-order valence-corrected chi connectivity index (χ4v) is 3.07. The first-order valence-electron chi connectivity index (χ1n) is 5.84. The molecule has 17 heavy (non-hydrogen) atoms. The largest absolute Gasteiger partial charge is 0.544 e. The Hall–Kier alpha value is -0.946. The fraction of sp³-hybridized carbons (Fsp3) is 0.500. The van der Waals surface area contributed by atoms with Gasteiger partial charge in [-0.25, -0.2) is 0 Å². The second kappa shape index (κ2) is 4.74. The third-order valence-corrected chi connectivity index (χ3v) is 3.45. The number of benzene rings is 1. The molecule has 0 saturated heterocycles. The van der Waals surface area contributed by atoms with Crippen molar-refractivity contribution in [3.8, 4) is 11.5 Å². The Labute approximate surface area is 106 Å². The van der Waals surface area contributed by atoms with E-state index >= 15 is 0 Å². The molecule has 0 bridgehead atoms. The first kappa shape index (κ1) is 14.1. The molecule has 96 valence electrons. The lowest BCUT2D eigenvalue weighted by Crippen LogP contribution is -2.30. The van der Waals surface area contributed by atoms with E-state index in [1.54, 1.807) is 0 Å². The van der Waals surface area contributed by atoms with Gasteiger partial charge in [0.2, 0.25) is 16.6 Å². The Balaban J connectivity index is 2.95. The molecule has 0 aliphatic rings. The van der Waals surface area contributed by atoms with Crippen LogP contribution in [0.5, 0.6) is 11.5 Å². The molecular weight excluding hydrogens is 246 g/mol. The molecule has 2 N–H and O–H groups in total. The number of hydrogen-bond donors (Lipinski definition) is 1. The van der Waals surface area contributed by atoms with Gasteiger partial charge in [0, 0.05) is 23.9 Å². The van der Waals surface area contributed by atoms with E-state index in [0.29, 0.717) is 5.69 Å². The highest BCUT2D eigenvalue weighted by molar-refractivity contribution is 6.70. The van der Waals surface area contributed by atoms with Crippen molar-refractivity contribution in [3.63, 3.8) is 0 Å². The van der Waals surface area contributed by atoms with Gasteiger partial charge in [0.25, 0.3) is 0 Å². The highest BCUT2D eigenvalue weighted by Crippen LogP contribution is 2.28. The maximum absolute atomic E-state index is 5.93. The maximum Gasteiger partial charge on any atom is 0.242 e. The Morgan fingerprint density at radius 1 is 0.765 bits per heavy atom. The lowest BCUT2D eigenvalue weighted by molar-refractivity contribution is 0.534. The smallest absolute Gasteiger partial charge is 0.242 e. The van der Waals surface area contributed by atoms with Gasteiger partial charge in [-0.15, -0.1) is 0 Å². The molecule has 0 heterocycles. The van der Waals surface area contributed by atoms with Gasteiger partial charge in [0.05, 0.1) is 0 Å². The van der Waals surface area contributed by atoms with Crippen LogP contribution >= 0.6 is 0 Å². The lowest BCUT2D eigenvalue weighted by Gasteiger charge is -2.23. The number of anilines is 1. The van der Waals surface area contributed by atoms with E-state index in [4.69, 9.17) is 14.6 Å². The van der Waals surface area contributed by atoms with Gasteiger partial charge in [-0.3, -0.25) is 0 Å². The Morgan fingerprint density at radius 2 is 1.12 bits per heavy atom. The van der Waals surface area contributed by atoms with Crippen LogP contribution < -0.4 is 14.6 Å². The molecule has 0 fully saturated rings. The van der Waals surface area contributed by atoms with E-state index in [1.807, 2.05) is 18.2 Å². The van der Waals surface area contributed by atoms with Crippen LogP contribution in [-0.2, 0) is 0 Å². The van der Waals surface area contributed by atoms with Gasteiger partial charge < -0.3 is 14.6 Å². The monoisotopic (exact) mass is 269 g/mol. The molecule has 1 rings (SSSR count). The minimum atomic E-state index is -1.60. The molecule has 0 radical (unpaired) electrons. The predicted molar refractivity (Wildman–Crippen MR) is 78.8 cm³/mol. The van der Waals surface area contributed by atoms with Crippen molar-refractivity contribution >= 4 is 22.3 Å². The molecule has 0 amide bonds. The summed E-state index contributed by atoms with van der Waals surface area (Å²) in [5, 5.41) is 0. The van der Waals surface area contributed by atoms with Crippen molar-refractivity contribution < 1.29 is 8.85 Å². The summed E-state index contributed by atoms with van der Waals surface area (Å²) >= 11 is 0. The average Bonchev–Trinajstić information content (AvgIpc) is 1.93. The third kappa shape index (κ3) is 5.79. The Bertz CT molecular complexity index is 360. The molecule has 0 atom stereocenters. The molecule has 0 spiro atoms. The van der Waals surface area contributed by atoms with Crippen LogP contribution in [0.1, 0.15) is 0 Å². The van der Waals surface area contributed by atoms with Crippen LogP contribution in [0.15, 0.2) is 18.2 Å². The molecule has 0 saturated carbocycles. The normalized spacial score (nSPS) is 12.4. The van der Waals surface area contributed by atoms with E-state index in [-0.39, 0.29) is 0 Å². The van der Waals surface area contributed by atoms with Gasteiger partial charge in [0.15, 0.2) is 0 Å². The van der Waals surface area contributed by atoms with Gasteiger partial charge in [-0.2, -0.15) is 0 Å². The van der Waals surface area contributed by atoms with Crippen LogP contribution in [0.25, 0.3) is 0 Å². The topological polar surface area (TPSA) is 44.5 Å². The minimum Gasteiger partial charge on any atom is -0.544 e. The fourth-order valence-electron chi connectivity index (χ4n) is 1.42. The summed E-state index contributed by atoms with van der Waals surface area (Å²) in [6.45, 7) is 12.9. The summed E-state index contributed by atoms with van der Waals surface area (Å²) in [5.41, 5.74) is 6.56. The van der Waals surface area contributed by atoms with Crippen LogP contribution in [0, 0.1) is 0 Å². The van der Waals surface area contributed by atoms with Gasteiger partial charge in [-0.1, -0.05) is 0 Å². The molecular formula is C12H23NO2Si2. The van der Waals surface area contributed by atoms with E-state index in [0.717, 1.165) is 11.5 Å². The van der Waals surface area contributed by atoms with E-state index in [1.165, 1.54) is 0 Å². The highest BCUT2D eigenvalue weighted by Gasteiger charge is 2.19. The van der Waals surface area contributed by atoms with Crippen LogP contribution in [0.4, 0.5) is 5.69 Å². The number of nitrogens with two attached hydrogens (primary N) is 1. The first-order valence-corrected chi connectivity index (χ1v) is 12.7. The summed E-state index contributed by atoms with van der Waals surface area (Å²) in [6.07, 6.45) is 0. The van der Waals surface area contributed by atoms with Crippen LogP contribution in [0.3, 0.4) is 0 Å². The van der Waals surface area contributed by atoms with Gasteiger partial charge >= 0.3 is 0 Å². The minimum absolute atomic E-state index is 0.689. The molecule has 1 aromatic carbocycles. The van der Waals surface area contributed by atoms with E-state index in [9.17, 15) is 0 Å². The van der Waals surface area contributed by atoms with Crippen molar-refractivity contribution in [1.29, 1.82) is 0 Å². The second-order valence-electron chi connectivity index (χ2n) is 6.17. The van der Waals surface area contributed by atoms with Crippen molar-refractivity contribution in [1.82, 2.24) is 0 Å². The van der Waals surface area contributed by atoms with E-state index in [2.05, 4.69) is 39.3 Å². The van der Waals surface area contributed by atoms with Gasteiger partial charge in [0.1, 0.15) is 11.5 Å². The van der Waals surface area contributed by atoms with Crippen molar-refractivity contribution in [2.24, 2.45) is 0 Å². The average molecular weight is 269 g/mol. The summed E-state index contributed by atoms with van der Waals surface area (Å²) in [7, 11) is -3.20. The SMILES string of the molecule is C[Si](C)(C)Oc1cc(N)cc(O[Si](C)(C)C)c1. The number of hydrogen-bond acceptors (Lipinski definition) is 3. The maximum atomic E-state index is 5.93. The molecule has 0 aliphatic carbocycles. The third-order valence-electron chi connectivity index (χ3n) is 1.75. The zero-order valence-corrected chi connectivity index (χ0v) is 13.6. The van der Waals surface area contributed by atoms with Crippen molar-refractivity contribution in [2.45, 2.75) is 39.3 Å². The number of rotatable bonds is 4. The van der Waals surface area contributed by atoms with Crippen molar-refractivity contribution in [2.75, 3.05) is 5.73 Å². The summed E-state index contributed by atoms with van der Waals surface area (Å²) in [5.74, 6) is 1.63. The Morgan fingerprint density at radius 3 is 1.41 bits per heavy atom. The van der Waals surface area contributed by atoms with Crippen LogP contribution in [0.2, 0.25) is 39.3 Å². The predicted octanol–water partition coefficient (Wildman–Crippen LogP) is 3.70. The molecule has 0 unspecified atom stereocenters. The molecule has 3 nitrogen and oxygen atoms in total. The zero-order valence-electron chi connectivity index (χ0n) is 11.6. The quantitative estimate of drug-likeness (QED) is 0.669. The van der Waals surface area contributed by atoms with Crippen LogP contribution in [-0.4, -0.2) is 16.6 Å². The molecule has 1 aromatic rings. The summed E-state index contributed by atoms with van der Waals surface area (Å²) in [4.78, 5) is 0. The number of nitrogen functional groups attached to an aromatic ring is 1.